The topological polar surface area (TPSA) is 92.3 Å². The van der Waals surface area contributed by atoms with Crippen molar-refractivity contribution in [2.24, 2.45) is 10.2 Å². The lowest BCUT2D eigenvalue weighted by molar-refractivity contribution is 0.519. The van der Waals surface area contributed by atoms with Gasteiger partial charge < -0.3 is 9.40 Å². The van der Waals surface area contributed by atoms with Gasteiger partial charge in [0, 0.05) is 18.0 Å². The van der Waals surface area contributed by atoms with E-state index in [0.717, 1.165) is 33.3 Å². The van der Waals surface area contributed by atoms with E-state index < -0.39 is 0 Å². The number of allylic oxidation sites excluding steroid dienone is 1. The highest BCUT2D eigenvalue weighted by Crippen LogP contribution is 2.25. The third-order valence-electron chi connectivity index (χ3n) is 3.91. The lowest BCUT2D eigenvalue weighted by atomic mass is 10.1. The molecule has 0 amide bonds. The predicted octanol–water partition coefficient (Wildman–Crippen LogP) is 4.64. The fourth-order valence-corrected chi connectivity index (χ4v) is 2.69. The molecule has 0 saturated heterocycles. The molecular weight excluding hydrogens is 316 g/mol. The van der Waals surface area contributed by atoms with E-state index in [1.807, 2.05) is 44.2 Å². The van der Waals surface area contributed by atoms with Crippen molar-refractivity contribution in [1.29, 1.82) is 0 Å². The summed E-state index contributed by atoms with van der Waals surface area (Å²) in [6.07, 6.45) is 4.01. The summed E-state index contributed by atoms with van der Waals surface area (Å²) in [5.41, 5.74) is 4.57. The largest absolute Gasteiger partial charge is 0.469 e. The molecule has 3 heterocycles. The number of benzene rings is 1. The van der Waals surface area contributed by atoms with Gasteiger partial charge in [-0.05, 0) is 37.1 Å². The molecule has 0 aliphatic heterocycles. The Balaban J connectivity index is 1.59. The number of azo groups is 1. The maximum atomic E-state index is 5.30. The number of para-hydroxylation sites is 1. The molecule has 1 aromatic carbocycles. The summed E-state index contributed by atoms with van der Waals surface area (Å²) in [7, 11) is 0. The minimum Gasteiger partial charge on any atom is -0.469 e. The molecule has 4 aromatic rings. The highest BCUT2D eigenvalue weighted by Gasteiger charge is 2.09. The first-order valence-electron chi connectivity index (χ1n) is 7.91. The van der Waals surface area contributed by atoms with Crippen LogP contribution in [0.2, 0.25) is 0 Å². The van der Waals surface area contributed by atoms with E-state index in [-0.39, 0.29) is 5.95 Å². The van der Waals surface area contributed by atoms with Crippen LogP contribution in [0, 0.1) is 6.92 Å². The standard InChI is InChI=1S/C18H16N6O/c1-11(9-13-6-4-8-25-13)10-19-23-18-21-17-16(22-24-18)14-7-3-5-12(2)15(14)20-17/h3-8,10H,9H2,1-2H3,(H,20,21,24)/b11-10+,23-19?. The van der Waals surface area contributed by atoms with Gasteiger partial charge in [0.25, 0.3) is 5.95 Å². The van der Waals surface area contributed by atoms with E-state index in [1.165, 1.54) is 0 Å². The Morgan fingerprint density at radius 1 is 1.24 bits per heavy atom. The maximum Gasteiger partial charge on any atom is 0.289 e. The molecular formula is C18H16N6O. The van der Waals surface area contributed by atoms with Crippen LogP contribution >= 0.6 is 0 Å². The number of rotatable bonds is 4. The van der Waals surface area contributed by atoms with Crippen LogP contribution in [0.4, 0.5) is 5.95 Å². The molecule has 0 aliphatic rings. The van der Waals surface area contributed by atoms with E-state index in [4.69, 9.17) is 4.42 Å². The van der Waals surface area contributed by atoms with Gasteiger partial charge in [0.05, 0.1) is 11.8 Å². The lowest BCUT2D eigenvalue weighted by Gasteiger charge is -1.94. The molecule has 7 nitrogen and oxygen atoms in total. The molecule has 0 bridgehead atoms. The van der Waals surface area contributed by atoms with Crippen LogP contribution < -0.4 is 0 Å². The molecule has 124 valence electrons. The Morgan fingerprint density at radius 3 is 3.00 bits per heavy atom. The van der Waals surface area contributed by atoms with Crippen LogP contribution in [-0.4, -0.2) is 20.2 Å². The normalized spacial score (nSPS) is 12.6. The second-order valence-corrected chi connectivity index (χ2v) is 5.88. The number of aromatic nitrogens is 4. The van der Waals surface area contributed by atoms with Crippen molar-refractivity contribution in [2.45, 2.75) is 20.3 Å². The van der Waals surface area contributed by atoms with Gasteiger partial charge in [0.2, 0.25) is 0 Å². The van der Waals surface area contributed by atoms with Crippen molar-refractivity contribution in [3.8, 4) is 0 Å². The zero-order chi connectivity index (χ0) is 17.2. The smallest absolute Gasteiger partial charge is 0.289 e. The molecule has 0 atom stereocenters. The van der Waals surface area contributed by atoms with Crippen molar-refractivity contribution < 1.29 is 4.42 Å². The first-order chi connectivity index (χ1) is 12.2. The fraction of sp³-hybridized carbons (Fsp3) is 0.167. The van der Waals surface area contributed by atoms with E-state index >= 15 is 0 Å². The number of hydrogen-bond acceptors (Lipinski definition) is 6. The summed E-state index contributed by atoms with van der Waals surface area (Å²) >= 11 is 0. The molecule has 0 fully saturated rings. The summed E-state index contributed by atoms with van der Waals surface area (Å²) in [4.78, 5) is 7.66. The van der Waals surface area contributed by atoms with Gasteiger partial charge >= 0.3 is 0 Å². The molecule has 0 saturated carbocycles. The molecule has 4 rings (SSSR count). The SMILES string of the molecule is C/C(=C\N=Nc1nnc2c(n1)[nH]c1c(C)cccc12)Cc1ccco1. The predicted molar refractivity (Wildman–Crippen MR) is 94.6 cm³/mol. The van der Waals surface area contributed by atoms with Crippen molar-refractivity contribution in [2.75, 3.05) is 0 Å². The maximum absolute atomic E-state index is 5.30. The summed E-state index contributed by atoms with van der Waals surface area (Å²) < 4.78 is 5.30. The zero-order valence-electron chi connectivity index (χ0n) is 13.9. The minimum atomic E-state index is 0.221. The molecule has 7 heteroatoms. The number of furan rings is 1. The number of aromatic amines is 1. The fourth-order valence-electron chi connectivity index (χ4n) is 2.69. The third-order valence-corrected chi connectivity index (χ3v) is 3.91. The number of nitrogens with zero attached hydrogens (tertiary/aromatic N) is 5. The Morgan fingerprint density at radius 2 is 2.16 bits per heavy atom. The van der Waals surface area contributed by atoms with Crippen LogP contribution in [0.3, 0.4) is 0 Å². The molecule has 0 radical (unpaired) electrons. The molecule has 3 aromatic heterocycles. The minimum absolute atomic E-state index is 0.221. The monoisotopic (exact) mass is 332 g/mol. The Kier molecular flexibility index (Phi) is 3.81. The van der Waals surface area contributed by atoms with E-state index in [9.17, 15) is 0 Å². The second kappa shape index (κ2) is 6.27. The van der Waals surface area contributed by atoms with Crippen molar-refractivity contribution in [3.63, 3.8) is 0 Å². The van der Waals surface area contributed by atoms with Crippen LogP contribution in [-0.2, 0) is 6.42 Å². The quantitative estimate of drug-likeness (QED) is 0.551. The van der Waals surface area contributed by atoms with Crippen molar-refractivity contribution in [3.05, 3.63) is 59.7 Å². The summed E-state index contributed by atoms with van der Waals surface area (Å²) in [6.45, 7) is 4.00. The molecule has 25 heavy (non-hydrogen) atoms. The zero-order valence-corrected chi connectivity index (χ0v) is 13.9. The van der Waals surface area contributed by atoms with Gasteiger partial charge in [-0.2, -0.15) is 10.1 Å². The lowest BCUT2D eigenvalue weighted by Crippen LogP contribution is -1.86. The number of aryl methyl sites for hydroxylation is 1. The number of hydrogen-bond donors (Lipinski definition) is 1. The van der Waals surface area contributed by atoms with Crippen LogP contribution in [0.15, 0.2) is 63.0 Å². The number of H-pyrrole nitrogens is 1. The highest BCUT2D eigenvalue weighted by molar-refractivity contribution is 6.04. The van der Waals surface area contributed by atoms with E-state index in [0.29, 0.717) is 12.1 Å². The van der Waals surface area contributed by atoms with Gasteiger partial charge in [-0.3, -0.25) is 0 Å². The van der Waals surface area contributed by atoms with E-state index in [2.05, 4.69) is 30.4 Å². The van der Waals surface area contributed by atoms with Crippen LogP contribution in [0.25, 0.3) is 22.1 Å². The average molecular weight is 332 g/mol. The first kappa shape index (κ1) is 15.2. The molecule has 0 unspecified atom stereocenters. The second-order valence-electron chi connectivity index (χ2n) is 5.88. The van der Waals surface area contributed by atoms with Gasteiger partial charge in [-0.1, -0.05) is 18.2 Å². The summed E-state index contributed by atoms with van der Waals surface area (Å²) in [6, 6.07) is 9.82. The average Bonchev–Trinajstić information content (AvgIpc) is 3.23. The van der Waals surface area contributed by atoms with Gasteiger partial charge in [-0.25, -0.2) is 0 Å². The summed E-state index contributed by atoms with van der Waals surface area (Å²) in [5.74, 6) is 1.11. The molecule has 0 aliphatic carbocycles. The Bertz CT molecular complexity index is 1090. The van der Waals surface area contributed by atoms with Crippen LogP contribution in [0.5, 0.6) is 0 Å². The Labute approximate surface area is 143 Å². The van der Waals surface area contributed by atoms with Crippen molar-refractivity contribution in [1.82, 2.24) is 20.2 Å². The van der Waals surface area contributed by atoms with Gasteiger partial charge in [0.15, 0.2) is 5.65 Å². The van der Waals surface area contributed by atoms with Crippen molar-refractivity contribution >= 4 is 28.0 Å². The van der Waals surface area contributed by atoms with Gasteiger partial charge in [0.1, 0.15) is 11.3 Å². The molecule has 1 N–H and O–H groups in total. The summed E-state index contributed by atoms with van der Waals surface area (Å²) in [5, 5.41) is 17.4. The van der Waals surface area contributed by atoms with Crippen LogP contribution in [0.1, 0.15) is 18.2 Å². The first-order valence-corrected chi connectivity index (χ1v) is 7.91. The number of nitrogens with one attached hydrogen (secondary N) is 1. The highest BCUT2D eigenvalue weighted by atomic mass is 16.3. The van der Waals surface area contributed by atoms with Gasteiger partial charge in [-0.15, -0.1) is 15.3 Å². The van der Waals surface area contributed by atoms with E-state index in [1.54, 1.807) is 12.5 Å². The Hall–Kier alpha value is -3.35. The molecule has 0 spiro atoms. The number of fused-ring (bicyclic) bond motifs is 3. The third kappa shape index (κ3) is 3.03.